The zero-order chi connectivity index (χ0) is 22.4. The number of amides is 2. The van der Waals surface area contributed by atoms with E-state index in [9.17, 15) is 9.59 Å². The fourth-order valence-electron chi connectivity index (χ4n) is 3.80. The highest BCUT2D eigenvalue weighted by Gasteiger charge is 2.38. The molecule has 1 aromatic heterocycles. The van der Waals surface area contributed by atoms with Gasteiger partial charge in [0.25, 0.3) is 0 Å². The van der Waals surface area contributed by atoms with Crippen molar-refractivity contribution in [3.63, 3.8) is 0 Å². The van der Waals surface area contributed by atoms with E-state index in [-0.39, 0.29) is 17.1 Å². The summed E-state index contributed by atoms with van der Waals surface area (Å²) in [6, 6.07) is 20.6. The third kappa shape index (κ3) is 5.32. The Kier molecular flexibility index (Phi) is 7.14. The summed E-state index contributed by atoms with van der Waals surface area (Å²) in [7, 11) is 0. The van der Waals surface area contributed by atoms with Crippen LogP contribution in [0.5, 0.6) is 5.75 Å². The third-order valence-corrected chi connectivity index (χ3v) is 8.41. The van der Waals surface area contributed by atoms with Crippen LogP contribution in [0, 0.1) is 0 Å². The van der Waals surface area contributed by atoms with Crippen molar-refractivity contribution in [2.75, 3.05) is 11.1 Å². The van der Waals surface area contributed by atoms with Gasteiger partial charge in [0.05, 0.1) is 4.75 Å². The van der Waals surface area contributed by atoms with E-state index >= 15 is 0 Å². The van der Waals surface area contributed by atoms with E-state index < -0.39 is 6.09 Å². The molecule has 1 atom stereocenters. The number of hydrogen-bond acceptors (Lipinski definition) is 6. The molecule has 1 aliphatic heterocycles. The number of carbonyl (C=O) groups is 2. The Labute approximate surface area is 195 Å². The summed E-state index contributed by atoms with van der Waals surface area (Å²) < 4.78 is 4.98. The molecule has 0 spiro atoms. The highest BCUT2D eigenvalue weighted by atomic mass is 32.2. The molecule has 0 unspecified atom stereocenters. The number of hydroxylamine groups is 1. The lowest BCUT2D eigenvalue weighted by Crippen LogP contribution is -2.32. The molecule has 6 nitrogen and oxygen atoms in total. The van der Waals surface area contributed by atoms with Gasteiger partial charge in [0, 0.05) is 21.9 Å². The summed E-state index contributed by atoms with van der Waals surface area (Å²) in [5.74, 6) is 1.11. The number of thiophene rings is 1. The Hall–Kier alpha value is -2.81. The fourth-order valence-corrected chi connectivity index (χ4v) is 6.69. The van der Waals surface area contributed by atoms with Crippen molar-refractivity contribution >= 4 is 40.8 Å². The lowest BCUT2D eigenvalue weighted by atomic mass is 9.94. The van der Waals surface area contributed by atoms with Gasteiger partial charge in [-0.2, -0.15) is 0 Å². The quantitative estimate of drug-likeness (QED) is 0.303. The molecule has 2 heterocycles. The number of nitrogens with one attached hydrogen (secondary N) is 2. The molecular formula is C24H24N2O4S2. The largest absolute Gasteiger partial charge is 0.417 e. The van der Waals surface area contributed by atoms with Crippen LogP contribution in [-0.4, -0.2) is 23.0 Å². The second kappa shape index (κ2) is 10.2. The maximum atomic E-state index is 12.2. The lowest BCUT2D eigenvalue weighted by Gasteiger charge is -2.35. The molecule has 8 heteroatoms. The number of ether oxygens (including phenoxy) is 1. The molecule has 2 amide bonds. The molecule has 2 aromatic carbocycles. The second-order valence-corrected chi connectivity index (χ2v) is 10.1. The lowest BCUT2D eigenvalue weighted by molar-refractivity contribution is -0.129. The first-order valence-electron chi connectivity index (χ1n) is 10.4. The summed E-state index contributed by atoms with van der Waals surface area (Å²) in [4.78, 5) is 26.4. The molecule has 0 radical (unpaired) electrons. The van der Waals surface area contributed by atoms with E-state index in [1.54, 1.807) is 52.8 Å². The van der Waals surface area contributed by atoms with Crippen LogP contribution in [0.1, 0.15) is 30.6 Å². The van der Waals surface area contributed by atoms with Gasteiger partial charge in [-0.15, -0.1) is 23.1 Å². The van der Waals surface area contributed by atoms with E-state index in [2.05, 4.69) is 17.4 Å². The molecule has 166 valence electrons. The first kappa shape index (κ1) is 22.4. The van der Waals surface area contributed by atoms with Gasteiger partial charge in [0.15, 0.2) is 0 Å². The first-order chi connectivity index (χ1) is 15.6. The molecule has 3 N–H and O–H groups in total. The van der Waals surface area contributed by atoms with Gasteiger partial charge in [0.2, 0.25) is 5.91 Å². The number of benzene rings is 2. The average Bonchev–Trinajstić information content (AvgIpc) is 3.32. The number of thioether (sulfide) groups is 1. The normalized spacial score (nSPS) is 18.0. The van der Waals surface area contributed by atoms with Crippen LogP contribution in [0.2, 0.25) is 0 Å². The van der Waals surface area contributed by atoms with Crippen LogP contribution in [0.4, 0.5) is 10.5 Å². The number of hydrogen-bond donors (Lipinski definition) is 3. The number of carbonyl (C=O) groups excluding carboxylic acids is 2. The number of para-hydroxylation sites is 1. The van der Waals surface area contributed by atoms with Crippen LogP contribution < -0.4 is 15.5 Å². The maximum Gasteiger partial charge on any atom is 0.417 e. The minimum absolute atomic E-state index is 0.251. The van der Waals surface area contributed by atoms with Gasteiger partial charge in [-0.1, -0.05) is 36.8 Å². The second-order valence-electron chi connectivity index (χ2n) is 7.58. The van der Waals surface area contributed by atoms with Crippen LogP contribution in [0.15, 0.2) is 66.7 Å². The van der Waals surface area contributed by atoms with Crippen LogP contribution in [0.25, 0.3) is 10.4 Å². The number of anilines is 1. The van der Waals surface area contributed by atoms with Crippen LogP contribution in [-0.2, 0) is 9.54 Å². The first-order valence-corrected chi connectivity index (χ1v) is 12.2. The topological polar surface area (TPSA) is 87.7 Å². The number of rotatable bonds is 6. The van der Waals surface area contributed by atoms with E-state index in [1.807, 2.05) is 30.3 Å². The van der Waals surface area contributed by atoms with Crippen molar-refractivity contribution in [2.24, 2.45) is 0 Å². The average molecular weight is 469 g/mol. The van der Waals surface area contributed by atoms with Crippen LogP contribution >= 0.6 is 23.1 Å². The monoisotopic (exact) mass is 468 g/mol. The minimum Gasteiger partial charge on any atom is -0.410 e. The van der Waals surface area contributed by atoms with Gasteiger partial charge in [0.1, 0.15) is 5.75 Å². The highest BCUT2D eigenvalue weighted by Crippen LogP contribution is 2.50. The van der Waals surface area contributed by atoms with Crippen molar-refractivity contribution in [2.45, 2.75) is 30.4 Å². The molecule has 0 saturated carbocycles. The van der Waals surface area contributed by atoms with Gasteiger partial charge < -0.3 is 4.74 Å². The van der Waals surface area contributed by atoms with Crippen molar-refractivity contribution in [1.29, 1.82) is 0 Å². The molecular weight excluding hydrogens is 444 g/mol. The standard InChI is InChI=1S/C24H24N2O4S2/c27-22(26-29)16-24(13-4-5-14-31-24)21-12-11-20(32-21)17-7-6-8-18(15-17)25-23(28)30-19-9-2-1-3-10-19/h1-3,6-12,15,29H,4-5,13-14,16H2,(H,25,28)(H,26,27)/t24-/m0/s1. The summed E-state index contributed by atoms with van der Waals surface area (Å²) in [6.07, 6.45) is 2.80. The van der Waals surface area contributed by atoms with E-state index in [0.717, 1.165) is 40.3 Å². The van der Waals surface area contributed by atoms with E-state index in [4.69, 9.17) is 9.94 Å². The zero-order valence-corrected chi connectivity index (χ0v) is 19.0. The predicted octanol–water partition coefficient (Wildman–Crippen LogP) is 6.03. The Morgan fingerprint density at radius 1 is 1.03 bits per heavy atom. The highest BCUT2D eigenvalue weighted by molar-refractivity contribution is 8.00. The van der Waals surface area contributed by atoms with Gasteiger partial charge in [-0.25, -0.2) is 10.3 Å². The molecule has 32 heavy (non-hydrogen) atoms. The molecule has 0 aliphatic carbocycles. The summed E-state index contributed by atoms with van der Waals surface area (Å²) in [5, 5.41) is 11.8. The molecule has 4 rings (SSSR count). The van der Waals surface area contributed by atoms with Crippen LogP contribution in [0.3, 0.4) is 0 Å². The van der Waals surface area contributed by atoms with E-state index in [0.29, 0.717) is 11.4 Å². The Morgan fingerprint density at radius 3 is 2.62 bits per heavy atom. The van der Waals surface area contributed by atoms with E-state index in [1.165, 1.54) is 0 Å². The smallest absolute Gasteiger partial charge is 0.410 e. The Balaban J connectivity index is 1.51. The van der Waals surface area contributed by atoms with Gasteiger partial charge >= 0.3 is 6.09 Å². The fraction of sp³-hybridized carbons (Fsp3) is 0.250. The molecule has 1 saturated heterocycles. The van der Waals surface area contributed by atoms with Gasteiger partial charge in [-0.05, 0) is 60.6 Å². The summed E-state index contributed by atoms with van der Waals surface area (Å²) in [6.45, 7) is 0. The van der Waals surface area contributed by atoms with Crippen molar-refractivity contribution in [1.82, 2.24) is 5.48 Å². The summed E-state index contributed by atoms with van der Waals surface area (Å²) in [5.41, 5.74) is 3.40. The molecule has 0 bridgehead atoms. The molecule has 1 fully saturated rings. The third-order valence-electron chi connectivity index (χ3n) is 5.33. The Morgan fingerprint density at radius 2 is 1.88 bits per heavy atom. The Bertz CT molecular complexity index is 1080. The minimum atomic E-state index is -0.548. The van der Waals surface area contributed by atoms with Gasteiger partial charge in [-0.3, -0.25) is 15.3 Å². The van der Waals surface area contributed by atoms with Crippen molar-refractivity contribution in [3.8, 4) is 16.2 Å². The van der Waals surface area contributed by atoms with Crippen molar-refractivity contribution < 1.29 is 19.5 Å². The molecule has 3 aromatic rings. The molecule has 1 aliphatic rings. The SMILES string of the molecule is O=C(C[C@]1(c2ccc(-c3cccc(NC(=O)Oc4ccccc4)c3)s2)CCCCS1)NO. The van der Waals surface area contributed by atoms with Crippen molar-refractivity contribution in [3.05, 3.63) is 71.6 Å². The predicted molar refractivity (Wildman–Crippen MR) is 128 cm³/mol. The maximum absolute atomic E-state index is 12.2. The zero-order valence-electron chi connectivity index (χ0n) is 17.4. The summed E-state index contributed by atoms with van der Waals surface area (Å²) >= 11 is 3.44.